The van der Waals surface area contributed by atoms with Gasteiger partial charge in [-0.2, -0.15) is 0 Å². The number of rotatable bonds is 3. The number of nitrogens with zero attached hydrogens (tertiary/aromatic N) is 1. The van der Waals surface area contributed by atoms with Crippen LogP contribution in [0.15, 0.2) is 22.7 Å². The van der Waals surface area contributed by atoms with Crippen LogP contribution in [0, 0.1) is 5.92 Å². The van der Waals surface area contributed by atoms with E-state index in [1.165, 1.54) is 0 Å². The lowest BCUT2D eigenvalue weighted by Gasteiger charge is -2.34. The number of carbonyl (C=O) groups excluding carboxylic acids is 1. The van der Waals surface area contributed by atoms with Crippen molar-refractivity contribution in [2.75, 3.05) is 25.0 Å². The predicted molar refractivity (Wildman–Crippen MR) is 98.2 cm³/mol. The molecule has 1 aliphatic heterocycles. The molecule has 0 aliphatic carbocycles. The Balaban J connectivity index is 1.86. The summed E-state index contributed by atoms with van der Waals surface area (Å²) in [5, 5.41) is 4.12. The fourth-order valence-electron chi connectivity index (χ4n) is 2.59. The van der Waals surface area contributed by atoms with E-state index in [-0.39, 0.29) is 6.09 Å². The molecular weight excluding hydrogens is 380 g/mol. The number of nitrogens with one attached hydrogen (secondary N) is 1. The Morgan fingerprint density at radius 3 is 2.87 bits per heavy atom. The molecule has 1 atom stereocenters. The molecule has 128 valence electrons. The normalized spacial score (nSPS) is 18.7. The monoisotopic (exact) mass is 402 g/mol. The van der Waals surface area contributed by atoms with Gasteiger partial charge in [0, 0.05) is 29.8 Å². The van der Waals surface area contributed by atoms with Gasteiger partial charge in [-0.25, -0.2) is 4.79 Å². The summed E-state index contributed by atoms with van der Waals surface area (Å²) < 4.78 is 6.34. The van der Waals surface area contributed by atoms with Crippen LogP contribution in [0.25, 0.3) is 0 Å². The van der Waals surface area contributed by atoms with Crippen molar-refractivity contribution in [2.24, 2.45) is 5.92 Å². The SMILES string of the molecule is CC(C)(C)OC(=O)N1CCCC(CNc2ccc(Cl)c(Br)c2)C1. The van der Waals surface area contributed by atoms with E-state index < -0.39 is 5.60 Å². The molecule has 1 amide bonds. The smallest absolute Gasteiger partial charge is 0.410 e. The van der Waals surface area contributed by atoms with Crippen molar-refractivity contribution in [1.82, 2.24) is 4.90 Å². The lowest BCUT2D eigenvalue weighted by molar-refractivity contribution is 0.0172. The quantitative estimate of drug-likeness (QED) is 0.757. The number of anilines is 1. The first-order valence-electron chi connectivity index (χ1n) is 7.91. The van der Waals surface area contributed by atoms with E-state index in [9.17, 15) is 4.79 Å². The third-order valence-corrected chi connectivity index (χ3v) is 4.90. The van der Waals surface area contributed by atoms with Crippen molar-refractivity contribution in [3.8, 4) is 0 Å². The van der Waals surface area contributed by atoms with Gasteiger partial charge in [0.1, 0.15) is 5.60 Å². The number of hydrogen-bond acceptors (Lipinski definition) is 3. The number of amides is 1. The number of carbonyl (C=O) groups is 1. The lowest BCUT2D eigenvalue weighted by atomic mass is 9.98. The highest BCUT2D eigenvalue weighted by Crippen LogP contribution is 2.26. The van der Waals surface area contributed by atoms with Gasteiger partial charge in [0.25, 0.3) is 0 Å². The molecule has 1 aromatic carbocycles. The molecule has 23 heavy (non-hydrogen) atoms. The van der Waals surface area contributed by atoms with Crippen LogP contribution < -0.4 is 5.32 Å². The second-order valence-corrected chi connectivity index (χ2v) is 8.21. The minimum Gasteiger partial charge on any atom is -0.444 e. The second-order valence-electron chi connectivity index (χ2n) is 6.94. The fraction of sp³-hybridized carbons (Fsp3) is 0.588. The van der Waals surface area contributed by atoms with Gasteiger partial charge < -0.3 is 15.0 Å². The molecule has 1 aromatic rings. The van der Waals surface area contributed by atoms with Crippen LogP contribution >= 0.6 is 27.5 Å². The van der Waals surface area contributed by atoms with Crippen molar-refractivity contribution < 1.29 is 9.53 Å². The summed E-state index contributed by atoms with van der Waals surface area (Å²) in [6.45, 7) is 8.02. The van der Waals surface area contributed by atoms with Crippen molar-refractivity contribution in [3.63, 3.8) is 0 Å². The molecule has 1 unspecified atom stereocenters. The molecule has 0 bridgehead atoms. The highest BCUT2D eigenvalue weighted by Gasteiger charge is 2.27. The van der Waals surface area contributed by atoms with E-state index in [1.807, 2.05) is 43.9 Å². The number of piperidine rings is 1. The minimum absolute atomic E-state index is 0.212. The fourth-order valence-corrected chi connectivity index (χ4v) is 3.09. The first kappa shape index (κ1) is 18.4. The Bertz CT molecular complexity index is 560. The van der Waals surface area contributed by atoms with E-state index in [4.69, 9.17) is 16.3 Å². The van der Waals surface area contributed by atoms with Gasteiger partial charge in [-0.1, -0.05) is 11.6 Å². The second kappa shape index (κ2) is 7.75. The molecule has 1 N–H and O–H groups in total. The summed E-state index contributed by atoms with van der Waals surface area (Å²) in [4.78, 5) is 14.0. The summed E-state index contributed by atoms with van der Waals surface area (Å²) in [5.41, 5.74) is 0.577. The van der Waals surface area contributed by atoms with Crippen molar-refractivity contribution >= 4 is 39.3 Å². The zero-order chi connectivity index (χ0) is 17.0. The third-order valence-electron chi connectivity index (χ3n) is 3.69. The maximum Gasteiger partial charge on any atom is 0.410 e. The lowest BCUT2D eigenvalue weighted by Crippen LogP contribution is -2.44. The van der Waals surface area contributed by atoms with Gasteiger partial charge in [0.2, 0.25) is 0 Å². The number of halogens is 2. The number of benzene rings is 1. The summed E-state index contributed by atoms with van der Waals surface area (Å²) in [7, 11) is 0. The van der Waals surface area contributed by atoms with Gasteiger partial charge >= 0.3 is 6.09 Å². The maximum atomic E-state index is 12.2. The van der Waals surface area contributed by atoms with Crippen molar-refractivity contribution in [2.45, 2.75) is 39.2 Å². The van der Waals surface area contributed by atoms with Crippen LogP contribution in [0.4, 0.5) is 10.5 Å². The van der Waals surface area contributed by atoms with Crippen LogP contribution in [-0.4, -0.2) is 36.2 Å². The summed E-state index contributed by atoms with van der Waals surface area (Å²) in [5.74, 6) is 0.422. The molecule has 4 nitrogen and oxygen atoms in total. The number of likely N-dealkylation sites (tertiary alicyclic amines) is 1. The van der Waals surface area contributed by atoms with Gasteiger partial charge in [-0.3, -0.25) is 0 Å². The minimum atomic E-state index is -0.447. The molecule has 2 rings (SSSR count). The molecule has 6 heteroatoms. The predicted octanol–water partition coefficient (Wildman–Crippen LogP) is 5.16. The zero-order valence-electron chi connectivity index (χ0n) is 13.9. The largest absolute Gasteiger partial charge is 0.444 e. The van der Waals surface area contributed by atoms with E-state index >= 15 is 0 Å². The van der Waals surface area contributed by atoms with Crippen molar-refractivity contribution in [3.05, 3.63) is 27.7 Å². The zero-order valence-corrected chi connectivity index (χ0v) is 16.2. The average Bonchev–Trinajstić information content (AvgIpc) is 2.47. The van der Waals surface area contributed by atoms with E-state index in [0.717, 1.165) is 42.6 Å². The maximum absolute atomic E-state index is 12.2. The Morgan fingerprint density at radius 1 is 1.48 bits per heavy atom. The molecule has 0 radical (unpaired) electrons. The van der Waals surface area contributed by atoms with Crippen LogP contribution in [0.3, 0.4) is 0 Å². The third kappa shape index (κ3) is 5.88. The van der Waals surface area contributed by atoms with Gasteiger partial charge in [-0.15, -0.1) is 0 Å². The van der Waals surface area contributed by atoms with E-state index in [1.54, 1.807) is 0 Å². The first-order chi connectivity index (χ1) is 10.7. The topological polar surface area (TPSA) is 41.6 Å². The molecule has 1 heterocycles. The molecule has 0 saturated carbocycles. The summed E-state index contributed by atoms with van der Waals surface area (Å²) in [6, 6.07) is 5.79. The van der Waals surface area contributed by atoms with Crippen LogP contribution in [0.5, 0.6) is 0 Å². The molecule has 1 fully saturated rings. The molecule has 0 aromatic heterocycles. The standard InChI is InChI=1S/C17H24BrClN2O2/c1-17(2,3)23-16(22)21-8-4-5-12(11-21)10-20-13-6-7-15(19)14(18)9-13/h6-7,9,12,20H,4-5,8,10-11H2,1-3H3. The summed E-state index contributed by atoms with van der Waals surface area (Å²) in [6.07, 6.45) is 1.91. The van der Waals surface area contributed by atoms with Crippen molar-refractivity contribution in [1.29, 1.82) is 0 Å². The molecule has 1 aliphatic rings. The Kier molecular flexibility index (Phi) is 6.20. The Morgan fingerprint density at radius 2 is 2.22 bits per heavy atom. The highest BCUT2D eigenvalue weighted by atomic mass is 79.9. The summed E-state index contributed by atoms with van der Waals surface area (Å²) >= 11 is 9.43. The number of hydrogen-bond donors (Lipinski definition) is 1. The Labute approximate surface area is 151 Å². The highest BCUT2D eigenvalue weighted by molar-refractivity contribution is 9.10. The average molecular weight is 404 g/mol. The molecular formula is C17H24BrClN2O2. The molecule has 1 saturated heterocycles. The van der Waals surface area contributed by atoms with Crippen LogP contribution in [0.2, 0.25) is 5.02 Å². The van der Waals surface area contributed by atoms with Gasteiger partial charge in [-0.05, 0) is 73.7 Å². The molecule has 0 spiro atoms. The number of ether oxygens (including phenoxy) is 1. The van der Waals surface area contributed by atoms with Gasteiger partial charge in [0.15, 0.2) is 0 Å². The first-order valence-corrected chi connectivity index (χ1v) is 9.08. The van der Waals surface area contributed by atoms with E-state index in [2.05, 4.69) is 21.2 Å². The Hall–Kier alpha value is -0.940. The van der Waals surface area contributed by atoms with Crippen LogP contribution in [-0.2, 0) is 4.74 Å². The van der Waals surface area contributed by atoms with Crippen LogP contribution in [0.1, 0.15) is 33.6 Å². The van der Waals surface area contributed by atoms with Gasteiger partial charge in [0.05, 0.1) is 5.02 Å². The van der Waals surface area contributed by atoms with E-state index in [0.29, 0.717) is 10.9 Å².